The monoisotopic (exact) mass is 413 g/mol. The zero-order valence-corrected chi connectivity index (χ0v) is 17.3. The van der Waals surface area contributed by atoms with Crippen LogP contribution in [0.15, 0.2) is 97.1 Å². The molecule has 0 heterocycles. The molecule has 0 spiro atoms. The van der Waals surface area contributed by atoms with Gasteiger partial charge in [-0.3, -0.25) is 0 Å². The van der Waals surface area contributed by atoms with Crippen molar-refractivity contribution in [2.45, 2.75) is 0 Å². The third-order valence-corrected chi connectivity index (χ3v) is 6.48. The van der Waals surface area contributed by atoms with Crippen LogP contribution in [0.25, 0.3) is 55.3 Å². The van der Waals surface area contributed by atoms with Gasteiger partial charge in [0.05, 0.1) is 10.6 Å². The normalized spacial score (nSPS) is 11.4. The number of benzene rings is 5. The number of hydrogen-bond acceptors (Lipinski definition) is 1. The molecule has 2 heteroatoms. The van der Waals surface area contributed by atoms with Gasteiger partial charge in [0.15, 0.2) is 0 Å². The van der Waals surface area contributed by atoms with Gasteiger partial charge in [-0.2, -0.15) is 5.26 Å². The second kappa shape index (κ2) is 6.84. The third-order valence-electron chi connectivity index (χ3n) is 6.17. The van der Waals surface area contributed by atoms with Crippen LogP contribution in [0.4, 0.5) is 0 Å². The van der Waals surface area contributed by atoms with E-state index in [-0.39, 0.29) is 0 Å². The Hall–Kier alpha value is -3.86. The van der Waals surface area contributed by atoms with Crippen LogP contribution in [0.2, 0.25) is 5.02 Å². The SMILES string of the molecule is N#Cc1ccc(-c2ccccc2-c2ccc3c4c(cccc24)-c2ccccc2-3)cc1Cl. The maximum atomic E-state index is 9.23. The average molecular weight is 414 g/mol. The Morgan fingerprint density at radius 1 is 0.548 bits per heavy atom. The van der Waals surface area contributed by atoms with E-state index in [1.54, 1.807) is 6.07 Å². The van der Waals surface area contributed by atoms with Gasteiger partial charge in [-0.05, 0) is 67.4 Å². The predicted molar refractivity (Wildman–Crippen MR) is 129 cm³/mol. The summed E-state index contributed by atoms with van der Waals surface area (Å²) in [5.74, 6) is 0. The minimum absolute atomic E-state index is 0.477. The molecule has 0 N–H and O–H groups in total. The smallest absolute Gasteiger partial charge is 0.101 e. The number of nitrogens with zero attached hydrogens (tertiary/aromatic N) is 1. The fraction of sp³-hybridized carbons (Fsp3) is 0. The van der Waals surface area contributed by atoms with Crippen molar-refractivity contribution in [1.29, 1.82) is 5.26 Å². The largest absolute Gasteiger partial charge is 0.192 e. The lowest BCUT2D eigenvalue weighted by atomic mass is 9.89. The van der Waals surface area contributed by atoms with Gasteiger partial charge in [-0.1, -0.05) is 96.5 Å². The van der Waals surface area contributed by atoms with Gasteiger partial charge in [-0.25, -0.2) is 0 Å². The maximum Gasteiger partial charge on any atom is 0.101 e. The van der Waals surface area contributed by atoms with Crippen LogP contribution in [-0.4, -0.2) is 0 Å². The first kappa shape index (κ1) is 18.0. The van der Waals surface area contributed by atoms with Crippen molar-refractivity contribution in [1.82, 2.24) is 0 Å². The molecule has 0 amide bonds. The molecular weight excluding hydrogens is 398 g/mol. The van der Waals surface area contributed by atoms with Crippen LogP contribution < -0.4 is 0 Å². The van der Waals surface area contributed by atoms with Crippen molar-refractivity contribution >= 4 is 22.4 Å². The summed E-state index contributed by atoms with van der Waals surface area (Å²) in [7, 11) is 0. The number of nitriles is 1. The van der Waals surface area contributed by atoms with E-state index in [1.807, 2.05) is 18.2 Å². The highest BCUT2D eigenvalue weighted by Crippen LogP contribution is 2.49. The first-order valence-electron chi connectivity index (χ1n) is 10.2. The van der Waals surface area contributed by atoms with E-state index >= 15 is 0 Å². The summed E-state index contributed by atoms with van der Waals surface area (Å²) >= 11 is 6.35. The lowest BCUT2D eigenvalue weighted by molar-refractivity contribution is 1.48. The molecular formula is C29H16ClN. The second-order valence-corrected chi connectivity index (χ2v) is 8.19. The van der Waals surface area contributed by atoms with Crippen molar-refractivity contribution in [3.05, 3.63) is 108 Å². The van der Waals surface area contributed by atoms with Crippen LogP contribution in [0.5, 0.6) is 0 Å². The van der Waals surface area contributed by atoms with Gasteiger partial charge in [0.25, 0.3) is 0 Å². The van der Waals surface area contributed by atoms with Crippen LogP contribution in [0, 0.1) is 11.3 Å². The number of halogens is 1. The molecule has 0 saturated carbocycles. The standard InChI is InChI=1S/C29H16ClN/c30-28-16-18(12-13-19(28)17-31)20-6-1-2-7-21(20)24-14-15-27-23-9-4-3-8-22(23)25-10-5-11-26(24)29(25)27/h1-16H. The summed E-state index contributed by atoms with van der Waals surface area (Å²) in [4.78, 5) is 0. The summed E-state index contributed by atoms with van der Waals surface area (Å²) in [5, 5.41) is 12.3. The van der Waals surface area contributed by atoms with Gasteiger partial charge in [-0.15, -0.1) is 0 Å². The topological polar surface area (TPSA) is 23.8 Å². The molecule has 1 aliphatic rings. The zero-order valence-electron chi connectivity index (χ0n) is 16.6. The highest BCUT2D eigenvalue weighted by atomic mass is 35.5. The van der Waals surface area contributed by atoms with Crippen LogP contribution in [-0.2, 0) is 0 Å². The van der Waals surface area contributed by atoms with Crippen LogP contribution in [0.1, 0.15) is 5.56 Å². The summed E-state index contributed by atoms with van der Waals surface area (Å²) < 4.78 is 0. The highest BCUT2D eigenvalue weighted by molar-refractivity contribution is 6.32. The van der Waals surface area contributed by atoms with E-state index in [1.165, 1.54) is 38.6 Å². The third kappa shape index (κ3) is 2.63. The molecule has 5 aromatic rings. The maximum absolute atomic E-state index is 9.23. The molecule has 1 nitrogen and oxygen atoms in total. The minimum atomic E-state index is 0.477. The molecule has 144 valence electrons. The van der Waals surface area contributed by atoms with Crippen LogP contribution in [0.3, 0.4) is 0 Å². The van der Waals surface area contributed by atoms with E-state index in [9.17, 15) is 5.26 Å². The molecule has 5 aromatic carbocycles. The molecule has 0 atom stereocenters. The van der Waals surface area contributed by atoms with Crippen molar-refractivity contribution in [2.75, 3.05) is 0 Å². The molecule has 0 fully saturated rings. The highest BCUT2D eigenvalue weighted by Gasteiger charge is 2.22. The van der Waals surface area contributed by atoms with E-state index in [4.69, 9.17) is 11.6 Å². The van der Waals surface area contributed by atoms with Crippen molar-refractivity contribution < 1.29 is 0 Å². The van der Waals surface area contributed by atoms with Crippen molar-refractivity contribution in [2.24, 2.45) is 0 Å². The first-order valence-corrected chi connectivity index (χ1v) is 10.6. The quantitative estimate of drug-likeness (QED) is 0.280. The molecule has 1 aliphatic carbocycles. The molecule has 0 saturated heterocycles. The molecule has 0 unspecified atom stereocenters. The number of fused-ring (bicyclic) bond motifs is 3. The first-order chi connectivity index (χ1) is 15.3. The summed E-state index contributed by atoms with van der Waals surface area (Å²) in [6.45, 7) is 0. The number of hydrogen-bond donors (Lipinski definition) is 0. The Bertz CT molecular complexity index is 1530. The predicted octanol–water partition coefficient (Wildman–Crippen LogP) is 8.35. The molecule has 6 rings (SSSR count). The Kier molecular flexibility index (Phi) is 3.96. The van der Waals surface area contributed by atoms with E-state index < -0.39 is 0 Å². The van der Waals surface area contributed by atoms with Gasteiger partial charge in [0, 0.05) is 0 Å². The molecule has 31 heavy (non-hydrogen) atoms. The minimum Gasteiger partial charge on any atom is -0.192 e. The van der Waals surface area contributed by atoms with Gasteiger partial charge < -0.3 is 0 Å². The van der Waals surface area contributed by atoms with Crippen molar-refractivity contribution in [3.8, 4) is 50.6 Å². The summed E-state index contributed by atoms with van der Waals surface area (Å²) in [5.41, 5.74) is 10.1. The zero-order chi connectivity index (χ0) is 20.9. The van der Waals surface area contributed by atoms with Gasteiger partial charge >= 0.3 is 0 Å². The number of rotatable bonds is 2. The molecule has 0 aromatic heterocycles. The van der Waals surface area contributed by atoms with Crippen molar-refractivity contribution in [3.63, 3.8) is 0 Å². The fourth-order valence-corrected chi connectivity index (χ4v) is 5.01. The Morgan fingerprint density at radius 3 is 1.81 bits per heavy atom. The van der Waals surface area contributed by atoms with Crippen LogP contribution >= 0.6 is 11.6 Å². The second-order valence-electron chi connectivity index (χ2n) is 7.79. The Balaban J connectivity index is 1.62. The lowest BCUT2D eigenvalue weighted by Gasteiger charge is -2.14. The van der Waals surface area contributed by atoms with Gasteiger partial charge in [0.2, 0.25) is 0 Å². The molecule has 0 radical (unpaired) electrons. The van der Waals surface area contributed by atoms with Gasteiger partial charge in [0.1, 0.15) is 6.07 Å². The van der Waals surface area contributed by atoms with E-state index in [0.29, 0.717) is 10.6 Å². The van der Waals surface area contributed by atoms with E-state index in [2.05, 4.69) is 78.9 Å². The molecule has 0 bridgehead atoms. The molecule has 0 aliphatic heterocycles. The Morgan fingerprint density at radius 2 is 1.13 bits per heavy atom. The Labute approximate surface area is 185 Å². The van der Waals surface area contributed by atoms with E-state index in [0.717, 1.165) is 16.7 Å². The lowest BCUT2D eigenvalue weighted by Crippen LogP contribution is -1.88. The fourth-order valence-electron chi connectivity index (χ4n) is 4.79. The summed E-state index contributed by atoms with van der Waals surface area (Å²) in [6, 6.07) is 35.9. The average Bonchev–Trinajstić information content (AvgIpc) is 3.15. The summed E-state index contributed by atoms with van der Waals surface area (Å²) in [6.07, 6.45) is 0.